The Labute approximate surface area is 183 Å². The van der Waals surface area contributed by atoms with Crippen LogP contribution in [0.2, 0.25) is 5.02 Å². The summed E-state index contributed by atoms with van der Waals surface area (Å²) in [5.41, 5.74) is 1.86. The number of nitrogens with zero attached hydrogens (tertiary/aromatic N) is 1. The fourth-order valence-corrected chi connectivity index (χ4v) is 3.92. The number of hydrogen-bond acceptors (Lipinski definition) is 5. The van der Waals surface area contributed by atoms with Crippen LogP contribution >= 0.6 is 11.6 Å². The van der Waals surface area contributed by atoms with Crippen molar-refractivity contribution in [2.75, 3.05) is 27.9 Å². The van der Waals surface area contributed by atoms with Gasteiger partial charge in [0.2, 0.25) is 5.91 Å². The van der Waals surface area contributed by atoms with Crippen molar-refractivity contribution >= 4 is 17.5 Å². The fourth-order valence-electron chi connectivity index (χ4n) is 3.63. The molecule has 0 spiro atoms. The van der Waals surface area contributed by atoms with Gasteiger partial charge >= 0.3 is 0 Å². The topological polar surface area (TPSA) is 60.0 Å². The normalized spacial score (nSPS) is 14.3. The first-order valence-corrected chi connectivity index (χ1v) is 10.4. The highest BCUT2D eigenvalue weighted by atomic mass is 35.5. The van der Waals surface area contributed by atoms with Crippen LogP contribution in [-0.2, 0) is 11.3 Å². The maximum atomic E-state index is 12.8. The molecule has 6 nitrogen and oxygen atoms in total. The monoisotopic (exact) mass is 432 g/mol. The summed E-state index contributed by atoms with van der Waals surface area (Å²) < 4.78 is 16.1. The van der Waals surface area contributed by atoms with E-state index in [0.29, 0.717) is 36.4 Å². The van der Waals surface area contributed by atoms with E-state index in [1.807, 2.05) is 30.3 Å². The van der Waals surface area contributed by atoms with Crippen molar-refractivity contribution in [3.8, 4) is 17.2 Å². The zero-order valence-electron chi connectivity index (χ0n) is 17.9. The highest BCUT2D eigenvalue weighted by molar-refractivity contribution is 6.31. The molecule has 1 amide bonds. The van der Waals surface area contributed by atoms with E-state index in [1.54, 1.807) is 27.4 Å². The Morgan fingerprint density at radius 3 is 2.33 bits per heavy atom. The minimum absolute atomic E-state index is 0.0439. The molecule has 0 bridgehead atoms. The van der Waals surface area contributed by atoms with Crippen molar-refractivity contribution in [1.82, 2.24) is 10.2 Å². The largest absolute Gasteiger partial charge is 0.496 e. The Morgan fingerprint density at radius 2 is 1.73 bits per heavy atom. The number of methoxy groups -OCH3 is 3. The van der Waals surface area contributed by atoms with Crippen molar-refractivity contribution in [3.63, 3.8) is 0 Å². The van der Waals surface area contributed by atoms with Crippen molar-refractivity contribution in [1.29, 1.82) is 0 Å². The second kappa shape index (κ2) is 10.0. The minimum atomic E-state index is -0.0439. The van der Waals surface area contributed by atoms with Crippen LogP contribution in [0.3, 0.4) is 0 Å². The number of benzene rings is 2. The SMILES string of the molecule is COc1cc(OC)c(OC)cc1CNC(=O)CN(C1CC1)C(C)c1ccccc1Cl. The van der Waals surface area contributed by atoms with E-state index in [0.717, 1.165) is 29.0 Å². The molecule has 30 heavy (non-hydrogen) atoms. The smallest absolute Gasteiger partial charge is 0.234 e. The summed E-state index contributed by atoms with van der Waals surface area (Å²) in [6, 6.07) is 11.9. The lowest BCUT2D eigenvalue weighted by molar-refractivity contribution is -0.123. The van der Waals surface area contributed by atoms with Gasteiger partial charge in [-0.3, -0.25) is 9.69 Å². The van der Waals surface area contributed by atoms with Crippen molar-refractivity contribution in [2.24, 2.45) is 0 Å². The Bertz CT molecular complexity index is 886. The third kappa shape index (κ3) is 5.18. The summed E-state index contributed by atoms with van der Waals surface area (Å²) in [5.74, 6) is 1.77. The van der Waals surface area contributed by atoms with E-state index in [4.69, 9.17) is 25.8 Å². The highest BCUT2D eigenvalue weighted by Gasteiger charge is 2.34. The Balaban J connectivity index is 1.68. The molecule has 7 heteroatoms. The summed E-state index contributed by atoms with van der Waals surface area (Å²) in [6.45, 7) is 2.75. The van der Waals surface area contributed by atoms with Crippen LogP contribution in [0.25, 0.3) is 0 Å². The van der Waals surface area contributed by atoms with Gasteiger partial charge in [0.25, 0.3) is 0 Å². The summed E-state index contributed by atoms with van der Waals surface area (Å²) in [6.07, 6.45) is 2.21. The number of nitrogens with one attached hydrogen (secondary N) is 1. The summed E-state index contributed by atoms with van der Waals surface area (Å²) in [7, 11) is 4.74. The van der Waals surface area contributed by atoms with E-state index < -0.39 is 0 Å². The van der Waals surface area contributed by atoms with Gasteiger partial charge in [-0.1, -0.05) is 29.8 Å². The molecule has 0 aliphatic heterocycles. The van der Waals surface area contributed by atoms with Gasteiger partial charge in [-0.2, -0.15) is 0 Å². The summed E-state index contributed by atoms with van der Waals surface area (Å²) >= 11 is 6.39. The minimum Gasteiger partial charge on any atom is -0.496 e. The number of rotatable bonds is 10. The molecule has 1 atom stereocenters. The van der Waals surface area contributed by atoms with Crippen LogP contribution in [0.1, 0.15) is 36.9 Å². The maximum Gasteiger partial charge on any atom is 0.234 e. The van der Waals surface area contributed by atoms with Gasteiger partial charge in [0, 0.05) is 35.3 Å². The molecule has 0 saturated heterocycles. The second-order valence-corrected chi connectivity index (χ2v) is 7.80. The zero-order chi connectivity index (χ0) is 21.7. The van der Waals surface area contributed by atoms with Crippen LogP contribution in [0, 0.1) is 0 Å². The Kier molecular flexibility index (Phi) is 7.45. The van der Waals surface area contributed by atoms with Gasteiger partial charge in [-0.15, -0.1) is 0 Å². The first-order valence-electron chi connectivity index (χ1n) is 10.0. The van der Waals surface area contributed by atoms with E-state index in [9.17, 15) is 4.79 Å². The predicted molar refractivity (Wildman–Crippen MR) is 118 cm³/mol. The van der Waals surface area contributed by atoms with E-state index in [1.165, 1.54) is 0 Å². The summed E-state index contributed by atoms with van der Waals surface area (Å²) in [5, 5.41) is 3.73. The second-order valence-electron chi connectivity index (χ2n) is 7.40. The number of amides is 1. The molecular weight excluding hydrogens is 404 g/mol. The Morgan fingerprint density at radius 1 is 1.10 bits per heavy atom. The number of carbonyl (C=O) groups is 1. The predicted octanol–water partition coefficient (Wildman–Crippen LogP) is 4.21. The molecule has 3 rings (SSSR count). The third-order valence-electron chi connectivity index (χ3n) is 5.46. The van der Waals surface area contributed by atoms with Crippen molar-refractivity contribution in [3.05, 3.63) is 52.5 Å². The summed E-state index contributed by atoms with van der Waals surface area (Å²) in [4.78, 5) is 15.0. The number of carbonyl (C=O) groups excluding carboxylic acids is 1. The fraction of sp³-hybridized carbons (Fsp3) is 0.435. The van der Waals surface area contributed by atoms with Gasteiger partial charge in [-0.25, -0.2) is 0 Å². The molecule has 0 heterocycles. The molecule has 1 N–H and O–H groups in total. The molecule has 1 saturated carbocycles. The molecule has 1 unspecified atom stereocenters. The lowest BCUT2D eigenvalue weighted by Gasteiger charge is -2.29. The zero-order valence-corrected chi connectivity index (χ0v) is 18.7. The maximum absolute atomic E-state index is 12.8. The van der Waals surface area contributed by atoms with Crippen LogP contribution in [-0.4, -0.2) is 44.7 Å². The standard InChI is InChI=1S/C23H29ClN2O4/c1-15(18-7-5-6-8-19(18)24)26(17-9-10-17)14-23(27)25-13-16-11-21(29-3)22(30-4)12-20(16)28-2/h5-8,11-12,15,17H,9-10,13-14H2,1-4H3,(H,25,27). The highest BCUT2D eigenvalue weighted by Crippen LogP contribution is 2.36. The molecule has 2 aromatic rings. The van der Waals surface area contributed by atoms with E-state index >= 15 is 0 Å². The van der Waals surface area contributed by atoms with Gasteiger partial charge in [0.15, 0.2) is 11.5 Å². The molecule has 0 radical (unpaired) electrons. The van der Waals surface area contributed by atoms with Gasteiger partial charge in [0.05, 0.1) is 27.9 Å². The molecule has 1 fully saturated rings. The molecular formula is C23H29ClN2O4. The lowest BCUT2D eigenvalue weighted by Crippen LogP contribution is -2.39. The van der Waals surface area contributed by atoms with Crippen molar-refractivity contribution in [2.45, 2.75) is 38.4 Å². The number of ether oxygens (including phenoxy) is 3. The quantitative estimate of drug-likeness (QED) is 0.609. The Hall–Kier alpha value is -2.44. The van der Waals surface area contributed by atoms with Crippen LogP contribution in [0.5, 0.6) is 17.2 Å². The molecule has 2 aromatic carbocycles. The van der Waals surface area contributed by atoms with Crippen LogP contribution in [0.4, 0.5) is 0 Å². The molecule has 162 valence electrons. The average Bonchev–Trinajstić information content (AvgIpc) is 3.60. The van der Waals surface area contributed by atoms with Gasteiger partial charge < -0.3 is 19.5 Å². The number of hydrogen-bond donors (Lipinski definition) is 1. The van der Waals surface area contributed by atoms with E-state index in [2.05, 4.69) is 17.1 Å². The van der Waals surface area contributed by atoms with Crippen LogP contribution < -0.4 is 19.5 Å². The first-order chi connectivity index (χ1) is 14.5. The van der Waals surface area contributed by atoms with Crippen LogP contribution in [0.15, 0.2) is 36.4 Å². The van der Waals surface area contributed by atoms with Gasteiger partial charge in [-0.05, 0) is 37.5 Å². The molecule has 1 aliphatic carbocycles. The molecule has 1 aliphatic rings. The van der Waals surface area contributed by atoms with Gasteiger partial charge in [0.1, 0.15) is 5.75 Å². The molecule has 0 aromatic heterocycles. The van der Waals surface area contributed by atoms with E-state index in [-0.39, 0.29) is 11.9 Å². The third-order valence-corrected chi connectivity index (χ3v) is 5.80. The first kappa shape index (κ1) is 22.2. The lowest BCUT2D eigenvalue weighted by atomic mass is 10.1. The average molecular weight is 433 g/mol. The number of halogens is 1. The van der Waals surface area contributed by atoms with Crippen molar-refractivity contribution < 1.29 is 19.0 Å².